The van der Waals surface area contributed by atoms with Crippen LogP contribution in [0.25, 0.3) is 0 Å². The van der Waals surface area contributed by atoms with Gasteiger partial charge in [0.15, 0.2) is 0 Å². The normalized spacial score (nSPS) is 12.3. The van der Waals surface area contributed by atoms with Gasteiger partial charge >= 0.3 is 0 Å². The molecule has 64 valence electrons. The van der Waals surface area contributed by atoms with Crippen LogP contribution in [0.15, 0.2) is 24.4 Å². The van der Waals surface area contributed by atoms with Gasteiger partial charge in [-0.3, -0.25) is 0 Å². The van der Waals surface area contributed by atoms with Crippen LogP contribution >= 0.6 is 0 Å². The third-order valence-electron chi connectivity index (χ3n) is 2.70. The van der Waals surface area contributed by atoms with Crippen molar-refractivity contribution in [3.05, 3.63) is 24.4 Å². The van der Waals surface area contributed by atoms with Crippen LogP contribution in [0.4, 0.5) is 0 Å². The average molecular weight is 168 g/mol. The maximum atomic E-state index is 3.70. The van der Waals surface area contributed by atoms with Crippen LogP contribution in [0.5, 0.6) is 0 Å². The summed E-state index contributed by atoms with van der Waals surface area (Å²) in [5.41, 5.74) is 2.43. The Morgan fingerprint density at radius 1 is 1.09 bits per heavy atom. The Hall–Kier alpha value is -0.303. The van der Waals surface area contributed by atoms with Gasteiger partial charge in [0.1, 0.15) is 0 Å². The van der Waals surface area contributed by atoms with Crippen molar-refractivity contribution >= 4 is 8.07 Å². The van der Waals surface area contributed by atoms with Crippen molar-refractivity contribution in [3.63, 3.8) is 0 Å². The minimum Gasteiger partial charge on any atom is -0.0991 e. The predicted molar refractivity (Wildman–Crippen MR) is 56.5 cm³/mol. The van der Waals surface area contributed by atoms with Gasteiger partial charge in [0.2, 0.25) is 0 Å². The Labute approximate surface area is 72.0 Å². The quantitative estimate of drug-likeness (QED) is 0.433. The standard InChI is InChI=1S/C10H20Si/c1-5-9-10-11(6-2,7-3)8-4/h5,9-10H,1,6-8H2,2-4H3. The molecule has 0 nitrogen and oxygen atoms in total. The molecule has 11 heavy (non-hydrogen) atoms. The molecule has 0 radical (unpaired) electrons. The SMILES string of the molecule is C=CC=C[Si](CC)(CC)CC. The van der Waals surface area contributed by atoms with Crippen molar-refractivity contribution in [1.82, 2.24) is 0 Å². The van der Waals surface area contributed by atoms with Crippen molar-refractivity contribution in [2.75, 3.05) is 0 Å². The minimum atomic E-state index is -0.990. The lowest BCUT2D eigenvalue weighted by molar-refractivity contribution is 1.19. The van der Waals surface area contributed by atoms with E-state index in [0.717, 1.165) is 0 Å². The molecule has 0 atom stereocenters. The Balaban J connectivity index is 4.27. The molecule has 0 N–H and O–H groups in total. The van der Waals surface area contributed by atoms with E-state index < -0.39 is 8.07 Å². The summed E-state index contributed by atoms with van der Waals surface area (Å²) in [4.78, 5) is 0. The third kappa shape index (κ3) is 3.06. The van der Waals surface area contributed by atoms with Crippen LogP contribution in [0.3, 0.4) is 0 Å². The van der Waals surface area contributed by atoms with E-state index in [-0.39, 0.29) is 0 Å². The maximum Gasteiger partial charge on any atom is 0.0770 e. The summed E-state index contributed by atoms with van der Waals surface area (Å²) in [7, 11) is -0.990. The fraction of sp³-hybridized carbons (Fsp3) is 0.600. The summed E-state index contributed by atoms with van der Waals surface area (Å²) in [6.45, 7) is 10.6. The van der Waals surface area contributed by atoms with Crippen LogP contribution < -0.4 is 0 Å². The van der Waals surface area contributed by atoms with E-state index in [0.29, 0.717) is 0 Å². The molecule has 0 fully saturated rings. The Bertz CT molecular complexity index is 124. The van der Waals surface area contributed by atoms with E-state index >= 15 is 0 Å². The molecule has 0 saturated heterocycles. The number of rotatable bonds is 5. The summed E-state index contributed by atoms with van der Waals surface area (Å²) in [6, 6.07) is 4.10. The molecule has 0 aromatic carbocycles. The second kappa shape index (κ2) is 5.36. The van der Waals surface area contributed by atoms with Gasteiger partial charge in [-0.1, -0.05) is 63.3 Å². The molecule has 0 aliphatic heterocycles. The zero-order valence-corrected chi connectivity index (χ0v) is 9.06. The smallest absolute Gasteiger partial charge is 0.0770 e. The van der Waals surface area contributed by atoms with E-state index in [1.54, 1.807) is 0 Å². The highest BCUT2D eigenvalue weighted by atomic mass is 28.3. The largest absolute Gasteiger partial charge is 0.0991 e. The van der Waals surface area contributed by atoms with Gasteiger partial charge < -0.3 is 0 Å². The summed E-state index contributed by atoms with van der Waals surface area (Å²) in [5.74, 6) is 0. The lowest BCUT2D eigenvalue weighted by Crippen LogP contribution is -2.28. The fourth-order valence-corrected chi connectivity index (χ4v) is 4.13. The van der Waals surface area contributed by atoms with Crippen molar-refractivity contribution in [2.45, 2.75) is 38.9 Å². The van der Waals surface area contributed by atoms with Gasteiger partial charge in [-0.2, -0.15) is 0 Å². The molecule has 0 heterocycles. The molecule has 0 amide bonds. The Morgan fingerprint density at radius 3 is 1.82 bits per heavy atom. The van der Waals surface area contributed by atoms with Crippen LogP contribution in [-0.4, -0.2) is 8.07 Å². The third-order valence-corrected chi connectivity index (χ3v) is 7.82. The lowest BCUT2D eigenvalue weighted by Gasteiger charge is -2.23. The van der Waals surface area contributed by atoms with Crippen LogP contribution in [0.1, 0.15) is 20.8 Å². The highest BCUT2D eigenvalue weighted by Crippen LogP contribution is 2.21. The first-order chi connectivity index (χ1) is 5.24. The number of hydrogen-bond donors (Lipinski definition) is 0. The van der Waals surface area contributed by atoms with Gasteiger partial charge in [-0.15, -0.1) is 0 Å². The highest BCUT2D eigenvalue weighted by Gasteiger charge is 2.22. The average Bonchev–Trinajstić information content (AvgIpc) is 2.08. The van der Waals surface area contributed by atoms with E-state index in [4.69, 9.17) is 0 Å². The molecule has 0 aromatic rings. The van der Waals surface area contributed by atoms with Gasteiger partial charge in [-0.25, -0.2) is 0 Å². The highest BCUT2D eigenvalue weighted by molar-refractivity contribution is 6.84. The van der Waals surface area contributed by atoms with E-state index in [1.165, 1.54) is 18.1 Å². The zero-order chi connectivity index (χ0) is 8.74. The van der Waals surface area contributed by atoms with Crippen molar-refractivity contribution in [3.8, 4) is 0 Å². The van der Waals surface area contributed by atoms with Gasteiger partial charge in [-0.05, 0) is 0 Å². The maximum absolute atomic E-state index is 3.70. The number of hydrogen-bond acceptors (Lipinski definition) is 0. The minimum absolute atomic E-state index is 0.990. The lowest BCUT2D eigenvalue weighted by atomic mass is 10.6. The zero-order valence-electron chi connectivity index (χ0n) is 8.06. The molecule has 0 aliphatic rings. The molecule has 0 aliphatic carbocycles. The van der Waals surface area contributed by atoms with Gasteiger partial charge in [0.05, 0.1) is 8.07 Å². The summed E-state index contributed by atoms with van der Waals surface area (Å²) < 4.78 is 0. The van der Waals surface area contributed by atoms with Crippen molar-refractivity contribution < 1.29 is 0 Å². The van der Waals surface area contributed by atoms with Crippen LogP contribution in [0.2, 0.25) is 18.1 Å². The molecule has 0 spiro atoms. The van der Waals surface area contributed by atoms with E-state index in [1.807, 2.05) is 6.08 Å². The summed E-state index contributed by atoms with van der Waals surface area (Å²) in [5, 5.41) is 0. The fourth-order valence-electron chi connectivity index (χ4n) is 1.38. The Morgan fingerprint density at radius 2 is 1.55 bits per heavy atom. The molecule has 0 rings (SSSR count). The van der Waals surface area contributed by atoms with Crippen molar-refractivity contribution in [1.29, 1.82) is 0 Å². The molecule has 0 saturated carbocycles. The van der Waals surface area contributed by atoms with Crippen LogP contribution in [0, 0.1) is 0 Å². The van der Waals surface area contributed by atoms with Crippen molar-refractivity contribution in [2.24, 2.45) is 0 Å². The topological polar surface area (TPSA) is 0 Å². The predicted octanol–water partition coefficient (Wildman–Crippen LogP) is 3.78. The molecule has 0 unspecified atom stereocenters. The van der Waals surface area contributed by atoms with E-state index in [2.05, 4.69) is 39.1 Å². The molecular formula is C10H20Si. The first kappa shape index (κ1) is 10.7. The second-order valence-corrected chi connectivity index (χ2v) is 8.20. The molecule has 0 aromatic heterocycles. The summed E-state index contributed by atoms with van der Waals surface area (Å²) >= 11 is 0. The van der Waals surface area contributed by atoms with Crippen LogP contribution in [-0.2, 0) is 0 Å². The molecule has 1 heteroatoms. The van der Waals surface area contributed by atoms with E-state index in [9.17, 15) is 0 Å². The summed E-state index contributed by atoms with van der Waals surface area (Å²) in [6.07, 6.45) is 4.02. The first-order valence-electron chi connectivity index (χ1n) is 4.55. The first-order valence-corrected chi connectivity index (χ1v) is 7.24. The second-order valence-electron chi connectivity index (χ2n) is 3.02. The molecular weight excluding hydrogens is 148 g/mol. The number of allylic oxidation sites excluding steroid dienone is 2. The Kier molecular flexibility index (Phi) is 5.21. The van der Waals surface area contributed by atoms with Gasteiger partial charge in [0.25, 0.3) is 0 Å². The van der Waals surface area contributed by atoms with Gasteiger partial charge in [0, 0.05) is 0 Å². The molecule has 0 bridgehead atoms. The monoisotopic (exact) mass is 168 g/mol.